The van der Waals surface area contributed by atoms with Gasteiger partial charge in [0.15, 0.2) is 0 Å². The molecule has 1 fully saturated rings. The highest BCUT2D eigenvalue weighted by Gasteiger charge is 2.33. The van der Waals surface area contributed by atoms with Gasteiger partial charge in [0.1, 0.15) is 13.2 Å². The summed E-state index contributed by atoms with van der Waals surface area (Å²) in [4.78, 5) is 10.2. The van der Waals surface area contributed by atoms with Gasteiger partial charge in [-0.2, -0.15) is 0 Å². The van der Waals surface area contributed by atoms with Crippen molar-refractivity contribution >= 4 is 7.82 Å². The molecule has 1 N–H and O–H groups in total. The lowest BCUT2D eigenvalue weighted by Gasteiger charge is -2.27. The Morgan fingerprint density at radius 2 is 1.40 bits per heavy atom. The van der Waals surface area contributed by atoms with Crippen molar-refractivity contribution in [2.75, 3.05) is 34.3 Å². The van der Waals surface area contributed by atoms with E-state index in [1.54, 1.807) is 0 Å². The molecule has 0 spiro atoms. The maximum absolute atomic E-state index is 12.5. The molecular weight excluding hydrogens is 397 g/mol. The number of hydrogen-bond donors (Lipinski definition) is 1. The van der Waals surface area contributed by atoms with E-state index in [-0.39, 0.29) is 12.7 Å². The first-order valence-electron chi connectivity index (χ1n) is 12.7. The van der Waals surface area contributed by atoms with Crippen molar-refractivity contribution in [1.29, 1.82) is 0 Å². The molecule has 0 heterocycles. The second kappa shape index (κ2) is 15.8. The van der Waals surface area contributed by atoms with Crippen molar-refractivity contribution in [3.8, 4) is 0 Å². The summed E-state index contributed by atoms with van der Waals surface area (Å²) in [5, 5.41) is 0. The van der Waals surface area contributed by atoms with Crippen LogP contribution in [0.4, 0.5) is 0 Å². The molecule has 1 aliphatic rings. The number of likely N-dealkylation sites (N-methyl/N-ethyl adjacent to an activating group) is 1. The normalized spacial score (nSPS) is 18.6. The van der Waals surface area contributed by atoms with Crippen molar-refractivity contribution < 1.29 is 23.0 Å². The number of rotatable bonds is 19. The fourth-order valence-electron chi connectivity index (χ4n) is 4.34. The summed E-state index contributed by atoms with van der Waals surface area (Å²) in [6, 6.07) is 0. The van der Waals surface area contributed by atoms with Crippen molar-refractivity contribution in [3.63, 3.8) is 0 Å². The Hall–Kier alpha value is 0.0700. The second-order valence-corrected chi connectivity index (χ2v) is 11.7. The van der Waals surface area contributed by atoms with Crippen molar-refractivity contribution in [3.05, 3.63) is 0 Å². The number of nitrogens with zero attached hydrogens (tertiary/aromatic N) is 1. The zero-order chi connectivity index (χ0) is 22.3. The Bertz CT molecular complexity index is 461. The quantitative estimate of drug-likeness (QED) is 0.130. The van der Waals surface area contributed by atoms with Gasteiger partial charge < -0.3 is 9.38 Å². The van der Waals surface area contributed by atoms with Crippen LogP contribution in [0.25, 0.3) is 0 Å². The average molecular weight is 449 g/mol. The van der Waals surface area contributed by atoms with Gasteiger partial charge in [0, 0.05) is 0 Å². The lowest BCUT2D eigenvalue weighted by Crippen LogP contribution is -2.37. The van der Waals surface area contributed by atoms with Crippen molar-refractivity contribution in [1.82, 2.24) is 0 Å². The van der Waals surface area contributed by atoms with Crippen LogP contribution in [0.5, 0.6) is 0 Å². The Balaban J connectivity index is 2.23. The molecule has 1 aliphatic carbocycles. The highest BCUT2D eigenvalue weighted by Crippen LogP contribution is 2.48. The number of hydrogen-bond acceptors (Lipinski definition) is 3. The molecule has 6 heteroatoms. The Morgan fingerprint density at radius 1 is 0.900 bits per heavy atom. The standard InChI is InChI=1S/C24H50NO4P/c1-5-6-7-8-9-10-11-12-13-14-15-20-24(23-18-16-17-19-23)29-30(26,27)28-22-21-25(2,3)4/h23-24H,5-22H2,1-4H3/p+1. The highest BCUT2D eigenvalue weighted by atomic mass is 31.2. The minimum atomic E-state index is -3.98. The smallest absolute Gasteiger partial charge is 0.329 e. The SMILES string of the molecule is CCCCCCCCCCCCCC(OP(=O)(O)OCC[N+](C)(C)C)C1CCCC1. The van der Waals surface area contributed by atoms with E-state index in [1.165, 1.54) is 77.0 Å². The van der Waals surface area contributed by atoms with Gasteiger partial charge in [0.05, 0.1) is 27.2 Å². The molecular formula is C24H51NO4P+. The maximum atomic E-state index is 12.5. The van der Waals surface area contributed by atoms with E-state index in [4.69, 9.17) is 9.05 Å². The minimum absolute atomic E-state index is 0.133. The summed E-state index contributed by atoms with van der Waals surface area (Å²) in [5.41, 5.74) is 0. The molecule has 0 saturated heterocycles. The molecule has 0 bridgehead atoms. The summed E-state index contributed by atoms with van der Waals surface area (Å²) in [7, 11) is 2.15. The molecule has 2 unspecified atom stereocenters. The predicted molar refractivity (Wildman–Crippen MR) is 127 cm³/mol. The van der Waals surface area contributed by atoms with Gasteiger partial charge in [-0.15, -0.1) is 0 Å². The molecule has 0 amide bonds. The summed E-state index contributed by atoms with van der Waals surface area (Å²) in [5.74, 6) is 0.413. The topological polar surface area (TPSA) is 55.8 Å². The number of unbranched alkanes of at least 4 members (excludes halogenated alkanes) is 10. The highest BCUT2D eigenvalue weighted by molar-refractivity contribution is 7.47. The Kier molecular flexibility index (Phi) is 14.8. The molecule has 1 rings (SSSR count). The third-order valence-electron chi connectivity index (χ3n) is 6.30. The fraction of sp³-hybridized carbons (Fsp3) is 1.00. The van der Waals surface area contributed by atoms with E-state index in [0.29, 0.717) is 16.9 Å². The molecule has 0 radical (unpaired) electrons. The molecule has 0 aromatic carbocycles. The third kappa shape index (κ3) is 15.0. The van der Waals surface area contributed by atoms with E-state index in [2.05, 4.69) is 6.92 Å². The van der Waals surface area contributed by atoms with Crippen LogP contribution < -0.4 is 0 Å². The lowest BCUT2D eigenvalue weighted by atomic mass is 9.95. The van der Waals surface area contributed by atoms with E-state index in [9.17, 15) is 9.46 Å². The third-order valence-corrected chi connectivity index (χ3v) is 7.35. The summed E-state index contributed by atoms with van der Waals surface area (Å²) in [6.45, 7) is 3.19. The molecule has 1 saturated carbocycles. The molecule has 5 nitrogen and oxygen atoms in total. The van der Waals surface area contributed by atoms with Crippen LogP contribution in [0.3, 0.4) is 0 Å². The molecule has 0 aliphatic heterocycles. The van der Waals surface area contributed by atoms with Crippen LogP contribution in [-0.4, -0.2) is 49.8 Å². The summed E-state index contributed by atoms with van der Waals surface area (Å²) in [6.07, 6.45) is 19.8. The minimum Gasteiger partial charge on any atom is -0.329 e. The van der Waals surface area contributed by atoms with Crippen molar-refractivity contribution in [2.45, 2.75) is 116 Å². The zero-order valence-corrected chi connectivity index (χ0v) is 21.3. The van der Waals surface area contributed by atoms with E-state index in [0.717, 1.165) is 25.7 Å². The molecule has 0 aromatic heterocycles. The number of phosphoric ester groups is 1. The largest absolute Gasteiger partial charge is 0.472 e. The molecule has 180 valence electrons. The van der Waals surface area contributed by atoms with E-state index >= 15 is 0 Å². The van der Waals surface area contributed by atoms with Crippen LogP contribution in [0.15, 0.2) is 0 Å². The lowest BCUT2D eigenvalue weighted by molar-refractivity contribution is -0.870. The first kappa shape index (κ1) is 28.1. The van der Waals surface area contributed by atoms with E-state index < -0.39 is 7.82 Å². The summed E-state index contributed by atoms with van der Waals surface area (Å²) >= 11 is 0. The van der Waals surface area contributed by atoms with Gasteiger partial charge in [-0.1, -0.05) is 90.4 Å². The van der Waals surface area contributed by atoms with Crippen LogP contribution in [0.1, 0.15) is 110 Å². The van der Waals surface area contributed by atoms with Gasteiger partial charge in [0.2, 0.25) is 0 Å². The fourth-order valence-corrected chi connectivity index (χ4v) is 5.34. The zero-order valence-electron chi connectivity index (χ0n) is 20.4. The molecule has 30 heavy (non-hydrogen) atoms. The Morgan fingerprint density at radius 3 is 1.90 bits per heavy atom. The van der Waals surface area contributed by atoms with Gasteiger partial charge in [-0.05, 0) is 25.2 Å². The molecule has 2 atom stereocenters. The van der Waals surface area contributed by atoms with Gasteiger partial charge >= 0.3 is 7.82 Å². The monoisotopic (exact) mass is 448 g/mol. The van der Waals surface area contributed by atoms with Gasteiger partial charge in [-0.3, -0.25) is 9.05 Å². The molecule has 0 aromatic rings. The van der Waals surface area contributed by atoms with Gasteiger partial charge in [0.25, 0.3) is 0 Å². The average Bonchev–Trinajstić information content (AvgIpc) is 3.18. The summed E-state index contributed by atoms with van der Waals surface area (Å²) < 4.78 is 24.2. The number of phosphoric acid groups is 1. The first-order valence-corrected chi connectivity index (χ1v) is 14.2. The van der Waals surface area contributed by atoms with Gasteiger partial charge in [-0.25, -0.2) is 4.57 Å². The Labute approximate surface area is 187 Å². The van der Waals surface area contributed by atoms with Crippen LogP contribution in [-0.2, 0) is 13.6 Å². The van der Waals surface area contributed by atoms with Crippen LogP contribution in [0.2, 0.25) is 0 Å². The second-order valence-electron chi connectivity index (χ2n) is 10.3. The predicted octanol–water partition coefficient (Wildman–Crippen LogP) is 7.09. The first-order chi connectivity index (χ1) is 14.2. The van der Waals surface area contributed by atoms with Crippen molar-refractivity contribution in [2.24, 2.45) is 5.92 Å². The maximum Gasteiger partial charge on any atom is 0.472 e. The van der Waals surface area contributed by atoms with E-state index in [1.807, 2.05) is 21.1 Å². The van der Waals surface area contributed by atoms with Crippen LogP contribution >= 0.6 is 7.82 Å². The number of quaternary nitrogens is 1. The van der Waals surface area contributed by atoms with Crippen LogP contribution in [0, 0.1) is 5.92 Å².